The molecule has 0 N–H and O–H groups in total. The zero-order chi connectivity index (χ0) is 9.42. The minimum atomic E-state index is -0.193. The summed E-state index contributed by atoms with van der Waals surface area (Å²) in [6, 6.07) is 4.82. The average molecular weight is 195 g/mol. The lowest BCUT2D eigenvalue weighted by Crippen LogP contribution is -1.83. The van der Waals surface area contributed by atoms with Crippen LogP contribution in [0.2, 0.25) is 0 Å². The molecule has 0 radical (unpaired) electrons. The molecular formula is C10H10FNS. The van der Waals surface area contributed by atoms with Gasteiger partial charge < -0.3 is 4.57 Å². The molecule has 0 aliphatic rings. The number of thiol groups is 1. The molecule has 68 valence electrons. The molecule has 0 saturated heterocycles. The molecule has 0 fully saturated rings. The van der Waals surface area contributed by atoms with E-state index >= 15 is 0 Å². The molecule has 0 unspecified atom stereocenters. The van der Waals surface area contributed by atoms with Crippen LogP contribution < -0.4 is 0 Å². The van der Waals surface area contributed by atoms with E-state index in [0.717, 1.165) is 16.5 Å². The van der Waals surface area contributed by atoms with Crippen LogP contribution in [0, 0.1) is 5.82 Å². The summed E-state index contributed by atoms with van der Waals surface area (Å²) < 4.78 is 14.9. The van der Waals surface area contributed by atoms with Gasteiger partial charge in [0.25, 0.3) is 0 Å². The van der Waals surface area contributed by atoms with Gasteiger partial charge >= 0.3 is 0 Å². The van der Waals surface area contributed by atoms with Crippen LogP contribution in [0.25, 0.3) is 10.9 Å². The summed E-state index contributed by atoms with van der Waals surface area (Å²) in [5.74, 6) is 0.447. The molecule has 2 aromatic rings. The lowest BCUT2D eigenvalue weighted by molar-refractivity contribution is 0.629. The van der Waals surface area contributed by atoms with Crippen molar-refractivity contribution < 1.29 is 4.39 Å². The molecule has 0 saturated carbocycles. The molecule has 0 atom stereocenters. The van der Waals surface area contributed by atoms with Crippen LogP contribution >= 0.6 is 12.6 Å². The number of nitrogens with zero attached hydrogens (tertiary/aromatic N) is 1. The van der Waals surface area contributed by atoms with E-state index < -0.39 is 0 Å². The van der Waals surface area contributed by atoms with Gasteiger partial charge in [-0.25, -0.2) is 4.39 Å². The Morgan fingerprint density at radius 1 is 1.46 bits per heavy atom. The van der Waals surface area contributed by atoms with E-state index in [1.807, 2.05) is 17.8 Å². The van der Waals surface area contributed by atoms with Gasteiger partial charge in [0.2, 0.25) is 0 Å². The maximum Gasteiger partial charge on any atom is 0.123 e. The van der Waals surface area contributed by atoms with Crippen molar-refractivity contribution in [2.45, 2.75) is 5.75 Å². The zero-order valence-electron chi connectivity index (χ0n) is 7.29. The van der Waals surface area contributed by atoms with Crippen LogP contribution in [0.4, 0.5) is 4.39 Å². The summed E-state index contributed by atoms with van der Waals surface area (Å²) in [7, 11) is 1.95. The SMILES string of the molecule is Cn1cc(CS)c2cc(F)ccc21. The van der Waals surface area contributed by atoms with Gasteiger partial charge in [0, 0.05) is 29.9 Å². The third kappa shape index (κ3) is 1.33. The Kier molecular flexibility index (Phi) is 2.04. The minimum absolute atomic E-state index is 0.193. The van der Waals surface area contributed by atoms with Crippen molar-refractivity contribution in [2.24, 2.45) is 7.05 Å². The predicted molar refractivity (Wildman–Crippen MR) is 55.6 cm³/mol. The van der Waals surface area contributed by atoms with Crippen molar-refractivity contribution in [3.63, 3.8) is 0 Å². The van der Waals surface area contributed by atoms with Crippen molar-refractivity contribution in [1.82, 2.24) is 4.57 Å². The number of hydrogen-bond acceptors (Lipinski definition) is 1. The van der Waals surface area contributed by atoms with Crippen molar-refractivity contribution in [3.8, 4) is 0 Å². The van der Waals surface area contributed by atoms with Crippen LogP contribution in [0.1, 0.15) is 5.56 Å². The third-order valence-electron chi connectivity index (χ3n) is 2.20. The van der Waals surface area contributed by atoms with Crippen molar-refractivity contribution in [3.05, 3.63) is 35.8 Å². The van der Waals surface area contributed by atoms with E-state index in [9.17, 15) is 4.39 Å². The summed E-state index contributed by atoms with van der Waals surface area (Å²) in [6.45, 7) is 0. The average Bonchev–Trinajstić information content (AvgIpc) is 2.42. The van der Waals surface area contributed by atoms with E-state index in [1.54, 1.807) is 12.1 Å². The normalized spacial score (nSPS) is 11.0. The van der Waals surface area contributed by atoms with Gasteiger partial charge in [-0.1, -0.05) is 0 Å². The molecule has 1 aromatic carbocycles. The second-order valence-corrected chi connectivity index (χ2v) is 3.40. The first kappa shape index (κ1) is 8.63. The molecule has 0 aliphatic carbocycles. The van der Waals surface area contributed by atoms with Gasteiger partial charge in [0.05, 0.1) is 0 Å². The number of hydrogen-bond donors (Lipinski definition) is 1. The fraction of sp³-hybridized carbons (Fsp3) is 0.200. The van der Waals surface area contributed by atoms with Gasteiger partial charge in [-0.15, -0.1) is 0 Å². The van der Waals surface area contributed by atoms with E-state index in [-0.39, 0.29) is 5.82 Å². The first-order valence-electron chi connectivity index (χ1n) is 4.06. The number of halogens is 1. The Morgan fingerprint density at radius 3 is 2.92 bits per heavy atom. The molecule has 1 heterocycles. The molecular weight excluding hydrogens is 185 g/mol. The molecule has 0 amide bonds. The molecule has 0 spiro atoms. The fourth-order valence-corrected chi connectivity index (χ4v) is 1.82. The molecule has 0 bridgehead atoms. The van der Waals surface area contributed by atoms with Crippen LogP contribution in [0.3, 0.4) is 0 Å². The smallest absolute Gasteiger partial charge is 0.123 e. The molecule has 3 heteroatoms. The number of rotatable bonds is 1. The Bertz CT molecular complexity index is 447. The van der Waals surface area contributed by atoms with Crippen LogP contribution in [-0.2, 0) is 12.8 Å². The van der Waals surface area contributed by atoms with Crippen LogP contribution in [0.15, 0.2) is 24.4 Å². The topological polar surface area (TPSA) is 4.93 Å². The van der Waals surface area contributed by atoms with E-state index in [1.165, 1.54) is 6.07 Å². The Morgan fingerprint density at radius 2 is 2.23 bits per heavy atom. The Hall–Kier alpha value is -0.960. The predicted octanol–water partition coefficient (Wildman–Crippen LogP) is 2.75. The molecule has 0 aliphatic heterocycles. The van der Waals surface area contributed by atoms with E-state index in [2.05, 4.69) is 12.6 Å². The Labute approximate surface area is 81.6 Å². The van der Waals surface area contributed by atoms with Crippen molar-refractivity contribution in [2.75, 3.05) is 0 Å². The highest BCUT2D eigenvalue weighted by Crippen LogP contribution is 2.22. The number of aromatic nitrogens is 1. The maximum atomic E-state index is 12.9. The quantitative estimate of drug-likeness (QED) is 0.668. The maximum absolute atomic E-state index is 12.9. The van der Waals surface area contributed by atoms with Gasteiger partial charge in [0.1, 0.15) is 5.82 Å². The minimum Gasteiger partial charge on any atom is -0.350 e. The highest BCUT2D eigenvalue weighted by atomic mass is 32.1. The first-order chi connectivity index (χ1) is 6.22. The fourth-order valence-electron chi connectivity index (χ4n) is 1.57. The second kappa shape index (κ2) is 3.07. The summed E-state index contributed by atoms with van der Waals surface area (Å²) in [5.41, 5.74) is 2.12. The standard InChI is InChI=1S/C10H10FNS/c1-12-5-7(6-13)9-4-8(11)2-3-10(9)12/h2-5,13H,6H2,1H3. The number of benzene rings is 1. The van der Waals surface area contributed by atoms with Gasteiger partial charge in [-0.05, 0) is 23.8 Å². The number of aryl methyl sites for hydroxylation is 1. The van der Waals surface area contributed by atoms with Crippen molar-refractivity contribution >= 4 is 23.5 Å². The summed E-state index contributed by atoms with van der Waals surface area (Å²) in [4.78, 5) is 0. The number of fused-ring (bicyclic) bond motifs is 1. The zero-order valence-corrected chi connectivity index (χ0v) is 8.18. The van der Waals surface area contributed by atoms with Crippen LogP contribution in [0.5, 0.6) is 0 Å². The largest absolute Gasteiger partial charge is 0.350 e. The van der Waals surface area contributed by atoms with Gasteiger partial charge in [-0.2, -0.15) is 12.6 Å². The lowest BCUT2D eigenvalue weighted by Gasteiger charge is -1.95. The summed E-state index contributed by atoms with van der Waals surface area (Å²) in [6.07, 6.45) is 1.98. The monoisotopic (exact) mass is 195 g/mol. The second-order valence-electron chi connectivity index (χ2n) is 3.08. The highest BCUT2D eigenvalue weighted by molar-refractivity contribution is 7.79. The van der Waals surface area contributed by atoms with Gasteiger partial charge in [0.15, 0.2) is 0 Å². The molecule has 2 rings (SSSR count). The summed E-state index contributed by atoms with van der Waals surface area (Å²) in [5, 5.41) is 0.956. The molecule has 13 heavy (non-hydrogen) atoms. The summed E-state index contributed by atoms with van der Waals surface area (Å²) >= 11 is 4.20. The van der Waals surface area contributed by atoms with E-state index in [0.29, 0.717) is 5.75 Å². The molecule has 1 nitrogen and oxygen atoms in total. The molecule has 1 aromatic heterocycles. The van der Waals surface area contributed by atoms with E-state index in [4.69, 9.17) is 0 Å². The first-order valence-corrected chi connectivity index (χ1v) is 4.70. The third-order valence-corrected chi connectivity index (χ3v) is 2.55. The highest BCUT2D eigenvalue weighted by Gasteiger charge is 2.05. The van der Waals surface area contributed by atoms with Crippen LogP contribution in [-0.4, -0.2) is 4.57 Å². The lowest BCUT2D eigenvalue weighted by atomic mass is 10.2. The Balaban J connectivity index is 2.81. The van der Waals surface area contributed by atoms with Crippen molar-refractivity contribution in [1.29, 1.82) is 0 Å². The van der Waals surface area contributed by atoms with Gasteiger partial charge in [-0.3, -0.25) is 0 Å².